The third-order valence-corrected chi connectivity index (χ3v) is 4.62. The SMILES string of the molecule is Cc1cc(NC2CCCN(CC=O)C2)nnc1-c1ccc(OC(F)F)cc1O. The number of hydrogen-bond acceptors (Lipinski definition) is 7. The van der Waals surface area contributed by atoms with Gasteiger partial charge in [0.2, 0.25) is 0 Å². The Morgan fingerprint density at radius 3 is 2.89 bits per heavy atom. The highest BCUT2D eigenvalue weighted by Crippen LogP contribution is 2.33. The normalized spacial score (nSPS) is 17.5. The number of piperidine rings is 1. The summed E-state index contributed by atoms with van der Waals surface area (Å²) in [4.78, 5) is 12.8. The number of alkyl halides is 2. The second kappa shape index (κ2) is 8.92. The number of aromatic nitrogens is 2. The van der Waals surface area contributed by atoms with Crippen LogP contribution in [-0.4, -0.2) is 58.8 Å². The number of carbonyl (C=O) groups excluding carboxylic acids is 1. The number of nitrogens with zero attached hydrogens (tertiary/aromatic N) is 3. The average molecular weight is 392 g/mol. The number of carbonyl (C=O) groups is 1. The van der Waals surface area contributed by atoms with E-state index in [-0.39, 0.29) is 17.5 Å². The minimum Gasteiger partial charge on any atom is -0.507 e. The molecular weight excluding hydrogens is 370 g/mol. The van der Waals surface area contributed by atoms with Gasteiger partial charge in [-0.05, 0) is 50.1 Å². The molecule has 0 aliphatic carbocycles. The predicted octanol–water partition coefficient (Wildman–Crippen LogP) is 2.83. The maximum atomic E-state index is 12.3. The Kier molecular flexibility index (Phi) is 6.35. The number of ether oxygens (including phenoxy) is 1. The standard InChI is InChI=1S/C19H22F2N4O3/c1-12-9-17(22-13-3-2-6-25(11-13)7-8-26)23-24-18(12)15-5-4-14(10-16(15)27)28-19(20)21/h4-5,8-10,13,19,27H,2-3,6-7,11H2,1H3,(H,22,23). The van der Waals surface area contributed by atoms with E-state index in [2.05, 4.69) is 25.2 Å². The highest BCUT2D eigenvalue weighted by molar-refractivity contribution is 5.71. The Morgan fingerprint density at radius 2 is 2.21 bits per heavy atom. The van der Waals surface area contributed by atoms with Crippen molar-refractivity contribution in [3.8, 4) is 22.8 Å². The molecule has 1 atom stereocenters. The number of nitrogens with one attached hydrogen (secondary N) is 1. The molecular formula is C19H22F2N4O3. The highest BCUT2D eigenvalue weighted by Gasteiger charge is 2.20. The predicted molar refractivity (Wildman–Crippen MR) is 99.7 cm³/mol. The number of phenols is 1. The minimum atomic E-state index is -2.96. The van der Waals surface area contributed by atoms with Gasteiger partial charge in [-0.1, -0.05) is 0 Å². The summed E-state index contributed by atoms with van der Waals surface area (Å²) in [5.41, 5.74) is 1.61. The van der Waals surface area contributed by atoms with Crippen molar-refractivity contribution in [3.63, 3.8) is 0 Å². The van der Waals surface area contributed by atoms with Crippen LogP contribution in [0.25, 0.3) is 11.3 Å². The van der Waals surface area contributed by atoms with Gasteiger partial charge in [-0.15, -0.1) is 10.2 Å². The number of aldehydes is 1. The zero-order valence-corrected chi connectivity index (χ0v) is 15.4. The topological polar surface area (TPSA) is 87.6 Å². The maximum Gasteiger partial charge on any atom is 0.387 e. The second-order valence-corrected chi connectivity index (χ2v) is 6.73. The molecule has 1 fully saturated rings. The number of anilines is 1. The first-order chi connectivity index (χ1) is 13.5. The summed E-state index contributed by atoms with van der Waals surface area (Å²) in [6, 6.07) is 5.93. The molecule has 150 valence electrons. The van der Waals surface area contributed by atoms with Crippen LogP contribution in [0, 0.1) is 6.92 Å². The average Bonchev–Trinajstić information content (AvgIpc) is 2.63. The molecule has 9 heteroatoms. The molecule has 1 saturated heterocycles. The first-order valence-electron chi connectivity index (χ1n) is 9.01. The van der Waals surface area contributed by atoms with E-state index in [1.165, 1.54) is 12.1 Å². The van der Waals surface area contributed by atoms with Gasteiger partial charge >= 0.3 is 6.61 Å². The molecule has 1 aromatic heterocycles. The van der Waals surface area contributed by atoms with Gasteiger partial charge in [0.1, 0.15) is 23.6 Å². The Bertz CT molecular complexity index is 835. The fraction of sp³-hybridized carbons (Fsp3) is 0.421. The molecule has 0 spiro atoms. The van der Waals surface area contributed by atoms with E-state index in [0.29, 0.717) is 23.6 Å². The zero-order valence-electron chi connectivity index (χ0n) is 15.4. The first kappa shape index (κ1) is 19.9. The van der Waals surface area contributed by atoms with Crippen LogP contribution in [0.2, 0.25) is 0 Å². The van der Waals surface area contributed by atoms with Gasteiger partial charge in [0, 0.05) is 24.2 Å². The lowest BCUT2D eigenvalue weighted by Crippen LogP contribution is -2.42. The molecule has 0 saturated carbocycles. The van der Waals surface area contributed by atoms with Crippen LogP contribution in [0.3, 0.4) is 0 Å². The van der Waals surface area contributed by atoms with Crippen LogP contribution < -0.4 is 10.1 Å². The third-order valence-electron chi connectivity index (χ3n) is 4.62. The highest BCUT2D eigenvalue weighted by atomic mass is 19.3. The minimum absolute atomic E-state index is 0.127. The van der Waals surface area contributed by atoms with Crippen molar-refractivity contribution < 1.29 is 23.4 Å². The summed E-state index contributed by atoms with van der Waals surface area (Å²) >= 11 is 0. The molecule has 1 aliphatic heterocycles. The summed E-state index contributed by atoms with van der Waals surface area (Å²) in [7, 11) is 0. The van der Waals surface area contributed by atoms with Crippen molar-refractivity contribution in [3.05, 3.63) is 29.8 Å². The number of benzene rings is 1. The Labute approximate surface area is 161 Å². The summed E-state index contributed by atoms with van der Waals surface area (Å²) < 4.78 is 28.9. The van der Waals surface area contributed by atoms with Gasteiger partial charge in [-0.25, -0.2) is 0 Å². The Morgan fingerprint density at radius 1 is 1.39 bits per heavy atom. The molecule has 1 unspecified atom stereocenters. The van der Waals surface area contributed by atoms with Crippen LogP contribution in [0.5, 0.6) is 11.5 Å². The lowest BCUT2D eigenvalue weighted by Gasteiger charge is -2.32. The van der Waals surface area contributed by atoms with Gasteiger partial charge in [-0.2, -0.15) is 8.78 Å². The van der Waals surface area contributed by atoms with Crippen molar-refractivity contribution in [1.29, 1.82) is 0 Å². The first-order valence-corrected chi connectivity index (χ1v) is 9.01. The fourth-order valence-electron chi connectivity index (χ4n) is 3.36. The van der Waals surface area contributed by atoms with Crippen LogP contribution in [0.4, 0.5) is 14.6 Å². The molecule has 1 aliphatic rings. The summed E-state index contributed by atoms with van der Waals surface area (Å²) in [5.74, 6) is 0.265. The van der Waals surface area contributed by atoms with Gasteiger partial charge in [0.25, 0.3) is 0 Å². The van der Waals surface area contributed by atoms with Gasteiger partial charge < -0.3 is 20.0 Å². The molecule has 2 heterocycles. The molecule has 28 heavy (non-hydrogen) atoms. The molecule has 0 radical (unpaired) electrons. The number of aromatic hydroxyl groups is 1. The van der Waals surface area contributed by atoms with E-state index >= 15 is 0 Å². The summed E-state index contributed by atoms with van der Waals surface area (Å²) in [6.07, 6.45) is 2.88. The van der Waals surface area contributed by atoms with Crippen molar-refractivity contribution in [2.75, 3.05) is 25.0 Å². The number of halogens is 2. The zero-order chi connectivity index (χ0) is 20.1. The van der Waals surface area contributed by atoms with Crippen LogP contribution in [0.15, 0.2) is 24.3 Å². The van der Waals surface area contributed by atoms with Crippen LogP contribution in [0.1, 0.15) is 18.4 Å². The molecule has 7 nitrogen and oxygen atoms in total. The second-order valence-electron chi connectivity index (χ2n) is 6.73. The molecule has 2 N–H and O–H groups in total. The number of likely N-dealkylation sites (tertiary alicyclic amines) is 1. The van der Waals surface area contributed by atoms with Gasteiger partial charge in [0.05, 0.1) is 12.2 Å². The lowest BCUT2D eigenvalue weighted by molar-refractivity contribution is -0.109. The maximum absolute atomic E-state index is 12.3. The molecule has 3 rings (SSSR count). The number of phenolic OH excluding ortho intramolecular Hbond substituents is 1. The van der Waals surface area contributed by atoms with Crippen LogP contribution in [-0.2, 0) is 4.79 Å². The van der Waals surface area contributed by atoms with E-state index in [9.17, 15) is 18.7 Å². The largest absolute Gasteiger partial charge is 0.507 e. The lowest BCUT2D eigenvalue weighted by atomic mass is 10.0. The molecule has 1 aromatic carbocycles. The number of aryl methyl sites for hydroxylation is 1. The van der Waals surface area contributed by atoms with E-state index in [1.807, 2.05) is 13.0 Å². The van der Waals surface area contributed by atoms with Crippen LogP contribution >= 0.6 is 0 Å². The van der Waals surface area contributed by atoms with Gasteiger partial charge in [0.15, 0.2) is 0 Å². The Hall–Kier alpha value is -2.81. The monoisotopic (exact) mass is 392 g/mol. The molecule has 0 amide bonds. The van der Waals surface area contributed by atoms with Crippen molar-refractivity contribution in [2.45, 2.75) is 32.4 Å². The third kappa shape index (κ3) is 4.92. The van der Waals surface area contributed by atoms with E-state index < -0.39 is 6.61 Å². The van der Waals surface area contributed by atoms with E-state index in [1.54, 1.807) is 0 Å². The smallest absolute Gasteiger partial charge is 0.387 e. The van der Waals surface area contributed by atoms with E-state index in [0.717, 1.165) is 43.8 Å². The van der Waals surface area contributed by atoms with Crippen molar-refractivity contribution in [2.24, 2.45) is 0 Å². The fourth-order valence-corrected chi connectivity index (χ4v) is 3.36. The van der Waals surface area contributed by atoms with Gasteiger partial charge in [-0.3, -0.25) is 4.90 Å². The summed E-state index contributed by atoms with van der Waals surface area (Å²) in [5, 5.41) is 21.9. The molecule has 2 aromatic rings. The Balaban J connectivity index is 1.73. The van der Waals surface area contributed by atoms with Crippen molar-refractivity contribution in [1.82, 2.24) is 15.1 Å². The number of hydrogen-bond donors (Lipinski definition) is 2. The van der Waals surface area contributed by atoms with E-state index in [4.69, 9.17) is 0 Å². The quantitative estimate of drug-likeness (QED) is 0.701. The summed E-state index contributed by atoms with van der Waals surface area (Å²) in [6.45, 7) is 0.961. The van der Waals surface area contributed by atoms with Crippen molar-refractivity contribution >= 4 is 12.1 Å². The molecule has 0 bridgehead atoms. The number of rotatable bonds is 7.